The molecule has 3 heteroatoms. The zero-order chi connectivity index (χ0) is 9.92. The SMILES string of the molecule is CC1(C)Oc2ccc(F)cc2C2OC21. The molecule has 0 aliphatic carbocycles. The summed E-state index contributed by atoms with van der Waals surface area (Å²) in [5.41, 5.74) is 0.546. The lowest BCUT2D eigenvalue weighted by Crippen LogP contribution is -2.37. The van der Waals surface area contributed by atoms with Crippen LogP contribution in [0, 0.1) is 5.82 Å². The van der Waals surface area contributed by atoms with Gasteiger partial charge >= 0.3 is 0 Å². The highest BCUT2D eigenvalue weighted by atomic mass is 19.1. The Balaban J connectivity index is 2.11. The average molecular weight is 194 g/mol. The summed E-state index contributed by atoms with van der Waals surface area (Å²) in [6.45, 7) is 3.98. The summed E-state index contributed by atoms with van der Waals surface area (Å²) in [6.07, 6.45) is 0.112. The van der Waals surface area contributed by atoms with Gasteiger partial charge in [-0.25, -0.2) is 4.39 Å². The maximum atomic E-state index is 13.0. The largest absolute Gasteiger partial charge is 0.485 e. The molecule has 2 heterocycles. The molecule has 0 amide bonds. The molecule has 0 N–H and O–H groups in total. The highest BCUT2D eigenvalue weighted by Gasteiger charge is 2.56. The Morgan fingerprint density at radius 3 is 2.93 bits per heavy atom. The third-order valence-electron chi connectivity index (χ3n) is 2.83. The van der Waals surface area contributed by atoms with Gasteiger partial charge in [-0.3, -0.25) is 0 Å². The molecule has 0 aromatic heterocycles. The monoisotopic (exact) mass is 194 g/mol. The van der Waals surface area contributed by atoms with E-state index in [9.17, 15) is 4.39 Å². The van der Waals surface area contributed by atoms with Gasteiger partial charge in [0.05, 0.1) is 0 Å². The van der Waals surface area contributed by atoms with Gasteiger partial charge in [0.2, 0.25) is 0 Å². The van der Waals surface area contributed by atoms with E-state index in [4.69, 9.17) is 9.47 Å². The van der Waals surface area contributed by atoms with E-state index in [0.717, 1.165) is 11.3 Å². The van der Waals surface area contributed by atoms with Gasteiger partial charge in [-0.2, -0.15) is 0 Å². The predicted molar refractivity (Wildman–Crippen MR) is 48.7 cm³/mol. The van der Waals surface area contributed by atoms with E-state index in [1.165, 1.54) is 12.1 Å². The van der Waals surface area contributed by atoms with E-state index in [1.54, 1.807) is 6.07 Å². The lowest BCUT2D eigenvalue weighted by atomic mass is 9.94. The number of fused-ring (bicyclic) bond motifs is 3. The van der Waals surface area contributed by atoms with Crippen molar-refractivity contribution in [3.63, 3.8) is 0 Å². The smallest absolute Gasteiger partial charge is 0.132 e. The van der Waals surface area contributed by atoms with Crippen molar-refractivity contribution in [2.24, 2.45) is 0 Å². The minimum absolute atomic E-state index is 0.0319. The topological polar surface area (TPSA) is 21.8 Å². The maximum absolute atomic E-state index is 13.0. The molecule has 2 nitrogen and oxygen atoms in total. The molecule has 0 radical (unpaired) electrons. The lowest BCUT2D eigenvalue weighted by Gasteiger charge is -2.29. The molecule has 1 aromatic rings. The van der Waals surface area contributed by atoms with Crippen molar-refractivity contribution in [2.45, 2.75) is 31.7 Å². The van der Waals surface area contributed by atoms with Crippen LogP contribution in [0.1, 0.15) is 25.5 Å². The fourth-order valence-corrected chi connectivity index (χ4v) is 2.05. The first-order chi connectivity index (χ1) is 6.58. The number of epoxide rings is 1. The second kappa shape index (κ2) is 2.28. The van der Waals surface area contributed by atoms with Crippen LogP contribution >= 0.6 is 0 Å². The summed E-state index contributed by atoms with van der Waals surface area (Å²) < 4.78 is 24.2. The minimum Gasteiger partial charge on any atom is -0.485 e. The van der Waals surface area contributed by atoms with Gasteiger partial charge in [0.25, 0.3) is 0 Å². The van der Waals surface area contributed by atoms with Crippen LogP contribution in [0.5, 0.6) is 5.75 Å². The van der Waals surface area contributed by atoms with E-state index in [-0.39, 0.29) is 23.6 Å². The van der Waals surface area contributed by atoms with Crippen molar-refractivity contribution in [1.29, 1.82) is 0 Å². The first-order valence-corrected chi connectivity index (χ1v) is 4.72. The number of rotatable bonds is 0. The Bertz CT molecular complexity index is 400. The molecule has 0 bridgehead atoms. The molecule has 1 aromatic carbocycles. The van der Waals surface area contributed by atoms with Crippen molar-refractivity contribution >= 4 is 0 Å². The van der Waals surface area contributed by atoms with Gasteiger partial charge in [-0.05, 0) is 32.0 Å². The molecule has 2 atom stereocenters. The Hall–Kier alpha value is -1.09. The number of benzene rings is 1. The second-order valence-electron chi connectivity index (χ2n) is 4.36. The van der Waals surface area contributed by atoms with Crippen LogP contribution in [0.15, 0.2) is 18.2 Å². The van der Waals surface area contributed by atoms with E-state index in [0.29, 0.717) is 0 Å². The van der Waals surface area contributed by atoms with Crippen molar-refractivity contribution in [3.8, 4) is 5.75 Å². The van der Waals surface area contributed by atoms with Gasteiger partial charge < -0.3 is 9.47 Å². The quantitative estimate of drug-likeness (QED) is 0.592. The molecule has 3 rings (SSSR count). The summed E-state index contributed by atoms with van der Waals surface area (Å²) >= 11 is 0. The Morgan fingerprint density at radius 2 is 2.14 bits per heavy atom. The molecule has 1 saturated heterocycles. The van der Waals surface area contributed by atoms with Crippen molar-refractivity contribution < 1.29 is 13.9 Å². The first-order valence-electron chi connectivity index (χ1n) is 4.72. The van der Waals surface area contributed by atoms with Crippen LogP contribution in [-0.4, -0.2) is 11.7 Å². The molecule has 14 heavy (non-hydrogen) atoms. The van der Waals surface area contributed by atoms with E-state index < -0.39 is 0 Å². The second-order valence-corrected chi connectivity index (χ2v) is 4.36. The molecule has 74 valence electrons. The van der Waals surface area contributed by atoms with Crippen LogP contribution in [-0.2, 0) is 4.74 Å². The molecule has 2 aliphatic rings. The average Bonchev–Trinajstić information content (AvgIpc) is 2.86. The van der Waals surface area contributed by atoms with E-state index >= 15 is 0 Å². The van der Waals surface area contributed by atoms with Gasteiger partial charge in [0, 0.05) is 5.56 Å². The Kier molecular flexibility index (Phi) is 1.34. The number of ether oxygens (including phenoxy) is 2. The molecule has 2 aliphatic heterocycles. The zero-order valence-corrected chi connectivity index (χ0v) is 8.08. The third kappa shape index (κ3) is 0.989. The summed E-state index contributed by atoms with van der Waals surface area (Å²) in [5, 5.41) is 0. The van der Waals surface area contributed by atoms with Crippen molar-refractivity contribution in [3.05, 3.63) is 29.6 Å². The Labute approximate surface area is 81.6 Å². The number of hydrogen-bond donors (Lipinski definition) is 0. The highest BCUT2D eigenvalue weighted by Crippen LogP contribution is 2.53. The van der Waals surface area contributed by atoms with Crippen molar-refractivity contribution in [2.75, 3.05) is 0 Å². The Morgan fingerprint density at radius 1 is 1.36 bits per heavy atom. The zero-order valence-electron chi connectivity index (χ0n) is 8.08. The third-order valence-corrected chi connectivity index (χ3v) is 2.83. The summed E-state index contributed by atoms with van der Waals surface area (Å²) in [5.74, 6) is 0.511. The molecule has 0 spiro atoms. The summed E-state index contributed by atoms with van der Waals surface area (Å²) in [6, 6.07) is 4.58. The number of halogens is 1. The minimum atomic E-state index is -0.296. The van der Waals surface area contributed by atoms with Crippen molar-refractivity contribution in [1.82, 2.24) is 0 Å². The van der Waals surface area contributed by atoms with Gasteiger partial charge in [0.1, 0.15) is 29.4 Å². The van der Waals surface area contributed by atoms with Crippen LogP contribution in [0.2, 0.25) is 0 Å². The highest BCUT2D eigenvalue weighted by molar-refractivity contribution is 5.42. The summed E-state index contributed by atoms with van der Waals surface area (Å²) in [7, 11) is 0. The van der Waals surface area contributed by atoms with E-state index in [1.807, 2.05) is 13.8 Å². The normalized spacial score (nSPS) is 31.4. The molecular formula is C11H11FO2. The molecule has 1 fully saturated rings. The standard InChI is InChI=1S/C11H11FO2/c1-11(2)10-9(13-10)7-5-6(12)3-4-8(7)14-11/h3-5,9-10H,1-2H3. The molecular weight excluding hydrogens is 183 g/mol. The molecule has 0 saturated carbocycles. The van der Waals surface area contributed by atoms with Crippen LogP contribution < -0.4 is 4.74 Å². The van der Waals surface area contributed by atoms with Crippen LogP contribution in [0.25, 0.3) is 0 Å². The first kappa shape index (κ1) is 8.24. The van der Waals surface area contributed by atoms with Gasteiger partial charge in [-0.15, -0.1) is 0 Å². The van der Waals surface area contributed by atoms with Crippen LogP contribution in [0.3, 0.4) is 0 Å². The fourth-order valence-electron chi connectivity index (χ4n) is 2.05. The predicted octanol–water partition coefficient (Wildman–Crippen LogP) is 2.44. The van der Waals surface area contributed by atoms with E-state index in [2.05, 4.69) is 0 Å². The fraction of sp³-hybridized carbons (Fsp3) is 0.455. The lowest BCUT2D eigenvalue weighted by molar-refractivity contribution is 0.0724. The summed E-state index contributed by atoms with van der Waals surface area (Å²) in [4.78, 5) is 0. The van der Waals surface area contributed by atoms with Gasteiger partial charge in [0.15, 0.2) is 0 Å². The van der Waals surface area contributed by atoms with Crippen LogP contribution in [0.4, 0.5) is 4.39 Å². The van der Waals surface area contributed by atoms with Gasteiger partial charge in [-0.1, -0.05) is 0 Å². The molecule has 2 unspecified atom stereocenters. The maximum Gasteiger partial charge on any atom is 0.132 e. The number of hydrogen-bond acceptors (Lipinski definition) is 2.